The van der Waals surface area contributed by atoms with E-state index in [1.807, 2.05) is 0 Å². The van der Waals surface area contributed by atoms with Crippen molar-refractivity contribution in [3.63, 3.8) is 0 Å². The number of carbonyl (C=O) groups is 1. The van der Waals surface area contributed by atoms with E-state index < -0.39 is 6.10 Å². The highest BCUT2D eigenvalue weighted by Crippen LogP contribution is 2.28. The molecule has 0 aromatic heterocycles. The van der Waals surface area contributed by atoms with Gasteiger partial charge in [0.1, 0.15) is 18.5 Å². The number of ether oxygens (including phenoxy) is 3. The lowest BCUT2D eigenvalue weighted by Crippen LogP contribution is -2.55. The molecule has 1 aliphatic heterocycles. The number of aliphatic hydroxyl groups excluding tert-OH is 1. The number of β-amino-alcohol motifs (C(OH)–C–C–N with tert-alkyl or cyclic N) is 1. The Morgan fingerprint density at radius 1 is 1.32 bits per heavy atom. The van der Waals surface area contributed by atoms with E-state index in [9.17, 15) is 9.90 Å². The van der Waals surface area contributed by atoms with Crippen LogP contribution in [0.2, 0.25) is 0 Å². The van der Waals surface area contributed by atoms with E-state index in [2.05, 4.69) is 9.64 Å². The van der Waals surface area contributed by atoms with Crippen LogP contribution in [0.3, 0.4) is 0 Å². The van der Waals surface area contributed by atoms with Crippen LogP contribution < -0.4 is 4.74 Å². The van der Waals surface area contributed by atoms with Crippen molar-refractivity contribution < 1.29 is 24.1 Å². The molecule has 3 unspecified atom stereocenters. The first-order valence-electron chi connectivity index (χ1n) is 9.02. The summed E-state index contributed by atoms with van der Waals surface area (Å²) >= 11 is 0. The van der Waals surface area contributed by atoms with Crippen molar-refractivity contribution in [3.05, 3.63) is 29.8 Å². The van der Waals surface area contributed by atoms with Crippen molar-refractivity contribution in [2.24, 2.45) is 0 Å². The largest absolute Gasteiger partial charge is 0.491 e. The quantitative estimate of drug-likeness (QED) is 0.791. The maximum Gasteiger partial charge on any atom is 0.337 e. The van der Waals surface area contributed by atoms with Crippen LogP contribution in [-0.2, 0) is 9.47 Å². The molecule has 1 heterocycles. The Morgan fingerprint density at radius 3 is 2.84 bits per heavy atom. The van der Waals surface area contributed by atoms with Crippen LogP contribution in [0.25, 0.3) is 0 Å². The van der Waals surface area contributed by atoms with Crippen LogP contribution in [-0.4, -0.2) is 67.6 Å². The van der Waals surface area contributed by atoms with Gasteiger partial charge < -0.3 is 19.3 Å². The summed E-state index contributed by atoms with van der Waals surface area (Å²) in [5.74, 6) is 0.255. The molecule has 138 valence electrons. The van der Waals surface area contributed by atoms with E-state index in [1.54, 1.807) is 24.3 Å². The van der Waals surface area contributed by atoms with E-state index in [0.717, 1.165) is 26.0 Å². The molecule has 1 aromatic rings. The van der Waals surface area contributed by atoms with Gasteiger partial charge in [0.15, 0.2) is 0 Å². The number of hydrogen-bond donors (Lipinski definition) is 1. The molecule has 2 aliphatic rings. The van der Waals surface area contributed by atoms with Gasteiger partial charge in [-0.2, -0.15) is 0 Å². The predicted octanol–water partition coefficient (Wildman–Crippen LogP) is 1.86. The minimum Gasteiger partial charge on any atom is -0.491 e. The molecule has 6 nitrogen and oxygen atoms in total. The normalized spacial score (nSPS) is 25.0. The summed E-state index contributed by atoms with van der Waals surface area (Å²) in [5, 5.41) is 10.4. The molecule has 0 bridgehead atoms. The van der Waals surface area contributed by atoms with Crippen molar-refractivity contribution in [2.45, 2.75) is 43.9 Å². The summed E-state index contributed by atoms with van der Waals surface area (Å²) in [5.41, 5.74) is 0.479. The molecule has 0 spiro atoms. The van der Waals surface area contributed by atoms with Gasteiger partial charge in [0.2, 0.25) is 0 Å². The zero-order valence-corrected chi connectivity index (χ0v) is 14.7. The molecule has 1 aromatic carbocycles. The third-order valence-electron chi connectivity index (χ3n) is 5.01. The Hall–Kier alpha value is -1.63. The Labute approximate surface area is 148 Å². The molecular weight excluding hydrogens is 322 g/mol. The molecule has 1 aliphatic carbocycles. The SMILES string of the molecule is COC(=O)c1ccc(OCC(O)CN2CCOC3CCCCC32)cc1. The number of morpholine rings is 1. The first-order chi connectivity index (χ1) is 12.2. The second-order valence-electron chi connectivity index (χ2n) is 6.74. The second-order valence-corrected chi connectivity index (χ2v) is 6.74. The average molecular weight is 349 g/mol. The first-order valence-corrected chi connectivity index (χ1v) is 9.02. The van der Waals surface area contributed by atoms with Gasteiger partial charge in [-0.05, 0) is 37.1 Å². The molecule has 3 atom stereocenters. The van der Waals surface area contributed by atoms with Crippen LogP contribution in [0.5, 0.6) is 5.75 Å². The molecule has 1 saturated heterocycles. The van der Waals surface area contributed by atoms with Crippen LogP contribution in [0.4, 0.5) is 0 Å². The predicted molar refractivity (Wildman–Crippen MR) is 92.9 cm³/mol. The Morgan fingerprint density at radius 2 is 2.08 bits per heavy atom. The molecule has 2 fully saturated rings. The van der Waals surface area contributed by atoms with Crippen molar-refractivity contribution in [1.82, 2.24) is 4.90 Å². The molecule has 3 rings (SSSR count). The van der Waals surface area contributed by atoms with E-state index in [0.29, 0.717) is 30.0 Å². The van der Waals surface area contributed by atoms with Crippen molar-refractivity contribution in [2.75, 3.05) is 33.4 Å². The summed E-state index contributed by atoms with van der Waals surface area (Å²) in [6, 6.07) is 7.16. The number of esters is 1. The van der Waals surface area contributed by atoms with Gasteiger partial charge in [0.05, 0.1) is 25.4 Å². The molecule has 1 N–H and O–H groups in total. The van der Waals surface area contributed by atoms with Crippen LogP contribution in [0.15, 0.2) is 24.3 Å². The van der Waals surface area contributed by atoms with Crippen LogP contribution in [0.1, 0.15) is 36.0 Å². The molecule has 25 heavy (non-hydrogen) atoms. The van der Waals surface area contributed by atoms with Gasteiger partial charge in [-0.3, -0.25) is 4.90 Å². The van der Waals surface area contributed by atoms with Crippen LogP contribution >= 0.6 is 0 Å². The van der Waals surface area contributed by atoms with Gasteiger partial charge in [0, 0.05) is 19.1 Å². The highest BCUT2D eigenvalue weighted by atomic mass is 16.5. The monoisotopic (exact) mass is 349 g/mol. The number of fused-ring (bicyclic) bond motifs is 1. The number of benzene rings is 1. The summed E-state index contributed by atoms with van der Waals surface area (Å²) in [7, 11) is 1.35. The number of aliphatic hydroxyl groups is 1. The lowest BCUT2D eigenvalue weighted by atomic mass is 9.90. The third-order valence-corrected chi connectivity index (χ3v) is 5.01. The Bertz CT molecular complexity index is 559. The first kappa shape index (κ1) is 18.2. The zero-order chi connectivity index (χ0) is 17.6. The van der Waals surface area contributed by atoms with Gasteiger partial charge in [0.25, 0.3) is 0 Å². The maximum atomic E-state index is 11.4. The standard InChI is InChI=1S/C19H27NO5/c1-23-19(22)14-6-8-16(9-7-14)25-13-15(21)12-20-10-11-24-18-5-3-2-4-17(18)20/h6-9,15,17-18,21H,2-5,10-13H2,1H3. The minimum absolute atomic E-state index is 0.228. The van der Waals surface area contributed by atoms with Crippen LogP contribution in [0, 0.1) is 0 Å². The van der Waals surface area contributed by atoms with Crippen molar-refractivity contribution in [3.8, 4) is 5.75 Å². The maximum absolute atomic E-state index is 11.4. The summed E-state index contributed by atoms with van der Waals surface area (Å²) in [4.78, 5) is 13.8. The molecule has 0 amide bonds. The van der Waals surface area contributed by atoms with Crippen molar-refractivity contribution in [1.29, 1.82) is 0 Å². The Kier molecular flexibility index (Phi) is 6.29. The highest BCUT2D eigenvalue weighted by molar-refractivity contribution is 5.89. The van der Waals surface area contributed by atoms with Gasteiger partial charge in [-0.1, -0.05) is 12.8 Å². The topological polar surface area (TPSA) is 68.2 Å². The number of rotatable bonds is 6. The Balaban J connectivity index is 1.47. The van der Waals surface area contributed by atoms with E-state index in [4.69, 9.17) is 9.47 Å². The number of nitrogens with zero attached hydrogens (tertiary/aromatic N) is 1. The van der Waals surface area contributed by atoms with E-state index >= 15 is 0 Å². The fraction of sp³-hybridized carbons (Fsp3) is 0.632. The van der Waals surface area contributed by atoms with Gasteiger partial charge >= 0.3 is 5.97 Å². The number of methoxy groups -OCH3 is 1. The van der Waals surface area contributed by atoms with Crippen molar-refractivity contribution >= 4 is 5.97 Å². The summed E-state index contributed by atoms with van der Waals surface area (Å²) in [6.45, 7) is 2.44. The van der Waals surface area contributed by atoms with E-state index in [1.165, 1.54) is 20.0 Å². The second kappa shape index (κ2) is 8.65. The van der Waals surface area contributed by atoms with Gasteiger partial charge in [-0.25, -0.2) is 4.79 Å². The average Bonchev–Trinajstić information content (AvgIpc) is 2.66. The fourth-order valence-corrected chi connectivity index (χ4v) is 3.72. The number of carbonyl (C=O) groups excluding carboxylic acids is 1. The zero-order valence-electron chi connectivity index (χ0n) is 14.7. The smallest absolute Gasteiger partial charge is 0.337 e. The molecular formula is C19H27NO5. The summed E-state index contributed by atoms with van der Waals surface area (Å²) in [6.07, 6.45) is 4.51. The van der Waals surface area contributed by atoms with E-state index in [-0.39, 0.29) is 12.6 Å². The fourth-order valence-electron chi connectivity index (χ4n) is 3.72. The summed E-state index contributed by atoms with van der Waals surface area (Å²) < 4.78 is 16.2. The number of hydrogen-bond acceptors (Lipinski definition) is 6. The lowest BCUT2D eigenvalue weighted by molar-refractivity contribution is -0.0992. The molecule has 1 saturated carbocycles. The molecule has 0 radical (unpaired) electrons. The highest BCUT2D eigenvalue weighted by Gasteiger charge is 2.34. The third kappa shape index (κ3) is 4.71. The van der Waals surface area contributed by atoms with Gasteiger partial charge in [-0.15, -0.1) is 0 Å². The lowest BCUT2D eigenvalue weighted by Gasteiger charge is -2.44. The molecule has 6 heteroatoms. The minimum atomic E-state index is -0.555.